The number of halogens is 3. The second kappa shape index (κ2) is 8.79. The second-order valence-electron chi connectivity index (χ2n) is 8.27. The molecule has 0 amide bonds. The number of oxazole rings is 1. The summed E-state index contributed by atoms with van der Waals surface area (Å²) in [5.74, 6) is -2.02. The van der Waals surface area contributed by atoms with Crippen molar-refractivity contribution >= 4 is 11.6 Å². The molecule has 1 atom stereocenters. The van der Waals surface area contributed by atoms with Gasteiger partial charge in [-0.1, -0.05) is 11.6 Å². The standard InChI is InChI=1S/C25H21ClF2N2O4/c1-13-8-16(26)9-14(2)22(13)30-11-15(4-7-20(30)32)21-23(18-6-5-17(27)10-19(18)28)34-24(29-21)25(3,33)12-31/h4-11,31,33H,12H2,1-3H3. The van der Waals surface area contributed by atoms with Crippen molar-refractivity contribution in [3.8, 4) is 28.3 Å². The molecule has 9 heteroatoms. The molecular weight excluding hydrogens is 466 g/mol. The van der Waals surface area contributed by atoms with Gasteiger partial charge in [-0.25, -0.2) is 13.8 Å². The first kappa shape index (κ1) is 23.8. The van der Waals surface area contributed by atoms with Gasteiger partial charge in [0.2, 0.25) is 5.89 Å². The van der Waals surface area contributed by atoms with Crippen molar-refractivity contribution in [2.24, 2.45) is 0 Å². The highest BCUT2D eigenvalue weighted by Crippen LogP contribution is 2.37. The molecule has 0 aliphatic rings. The summed E-state index contributed by atoms with van der Waals surface area (Å²) in [4.78, 5) is 17.1. The summed E-state index contributed by atoms with van der Waals surface area (Å²) in [6, 6.07) is 9.23. The molecule has 0 saturated heterocycles. The molecule has 4 aromatic rings. The van der Waals surface area contributed by atoms with Gasteiger partial charge in [0, 0.05) is 28.9 Å². The third-order valence-corrected chi connectivity index (χ3v) is 5.67. The Morgan fingerprint density at radius 3 is 2.41 bits per heavy atom. The van der Waals surface area contributed by atoms with Crippen LogP contribution in [0.15, 0.2) is 57.9 Å². The Kier molecular flexibility index (Phi) is 6.16. The fourth-order valence-electron chi connectivity index (χ4n) is 3.75. The Morgan fingerprint density at radius 1 is 1.12 bits per heavy atom. The van der Waals surface area contributed by atoms with Crippen LogP contribution in [-0.4, -0.2) is 26.4 Å². The van der Waals surface area contributed by atoms with Gasteiger partial charge in [0.05, 0.1) is 17.9 Å². The number of nitrogens with zero attached hydrogens (tertiary/aromatic N) is 2. The smallest absolute Gasteiger partial charge is 0.255 e. The van der Waals surface area contributed by atoms with Gasteiger partial charge in [0.15, 0.2) is 11.4 Å². The zero-order chi connectivity index (χ0) is 24.8. The van der Waals surface area contributed by atoms with Gasteiger partial charge in [0.25, 0.3) is 5.56 Å². The maximum Gasteiger partial charge on any atom is 0.255 e. The minimum absolute atomic E-state index is 0.0871. The van der Waals surface area contributed by atoms with E-state index in [-0.39, 0.29) is 28.5 Å². The van der Waals surface area contributed by atoms with E-state index in [4.69, 9.17) is 16.0 Å². The Hall–Kier alpha value is -3.33. The predicted octanol–water partition coefficient (Wildman–Crippen LogP) is 4.91. The summed E-state index contributed by atoms with van der Waals surface area (Å²) in [7, 11) is 0. The average molecular weight is 487 g/mol. The molecule has 34 heavy (non-hydrogen) atoms. The average Bonchev–Trinajstić information content (AvgIpc) is 3.20. The van der Waals surface area contributed by atoms with Crippen LogP contribution < -0.4 is 5.56 Å². The summed E-state index contributed by atoms with van der Waals surface area (Å²) in [6.07, 6.45) is 1.52. The summed E-state index contributed by atoms with van der Waals surface area (Å²) < 4.78 is 35.3. The number of aryl methyl sites for hydroxylation is 2. The van der Waals surface area contributed by atoms with E-state index in [1.54, 1.807) is 12.1 Å². The van der Waals surface area contributed by atoms with Gasteiger partial charge >= 0.3 is 0 Å². The minimum Gasteiger partial charge on any atom is -0.437 e. The lowest BCUT2D eigenvalue weighted by Crippen LogP contribution is -2.26. The molecule has 0 radical (unpaired) electrons. The molecule has 2 heterocycles. The fraction of sp³-hybridized carbons (Fsp3) is 0.200. The van der Waals surface area contributed by atoms with Crippen LogP contribution in [0.4, 0.5) is 8.78 Å². The quantitative estimate of drug-likeness (QED) is 0.418. The van der Waals surface area contributed by atoms with Crippen LogP contribution in [0.5, 0.6) is 0 Å². The van der Waals surface area contributed by atoms with E-state index >= 15 is 0 Å². The molecule has 0 aliphatic heterocycles. The molecule has 2 aromatic heterocycles. The molecule has 1 unspecified atom stereocenters. The van der Waals surface area contributed by atoms with E-state index in [1.165, 1.54) is 35.9 Å². The van der Waals surface area contributed by atoms with Gasteiger partial charge in [-0.3, -0.25) is 9.36 Å². The van der Waals surface area contributed by atoms with Gasteiger partial charge in [-0.2, -0.15) is 0 Å². The first-order valence-electron chi connectivity index (χ1n) is 10.3. The number of aliphatic hydroxyl groups is 2. The highest BCUT2D eigenvalue weighted by atomic mass is 35.5. The number of aliphatic hydroxyl groups excluding tert-OH is 1. The minimum atomic E-state index is -1.86. The Morgan fingerprint density at radius 2 is 1.79 bits per heavy atom. The van der Waals surface area contributed by atoms with Crippen LogP contribution >= 0.6 is 11.6 Å². The van der Waals surface area contributed by atoms with Crippen LogP contribution in [0.3, 0.4) is 0 Å². The van der Waals surface area contributed by atoms with Crippen molar-refractivity contribution in [2.75, 3.05) is 6.61 Å². The molecule has 2 N–H and O–H groups in total. The summed E-state index contributed by atoms with van der Waals surface area (Å²) >= 11 is 6.13. The Bertz CT molecular complexity index is 1440. The molecule has 176 valence electrons. The fourth-order valence-corrected chi connectivity index (χ4v) is 4.08. The molecule has 0 fully saturated rings. The van der Waals surface area contributed by atoms with Crippen LogP contribution in [0.1, 0.15) is 23.9 Å². The first-order chi connectivity index (χ1) is 16.0. The van der Waals surface area contributed by atoms with Gasteiger partial charge in [-0.15, -0.1) is 0 Å². The van der Waals surface area contributed by atoms with E-state index in [9.17, 15) is 23.8 Å². The molecular formula is C25H21ClF2N2O4. The van der Waals surface area contributed by atoms with Crippen molar-refractivity contribution in [3.63, 3.8) is 0 Å². The molecule has 0 spiro atoms. The first-order valence-corrected chi connectivity index (χ1v) is 10.7. The molecule has 0 aliphatic carbocycles. The molecule has 6 nitrogen and oxygen atoms in total. The molecule has 0 bridgehead atoms. The highest BCUT2D eigenvalue weighted by Gasteiger charge is 2.32. The summed E-state index contributed by atoms with van der Waals surface area (Å²) in [5, 5.41) is 20.6. The van der Waals surface area contributed by atoms with Crippen LogP contribution in [0, 0.1) is 25.5 Å². The topological polar surface area (TPSA) is 88.5 Å². The molecule has 4 rings (SSSR count). The SMILES string of the molecule is Cc1cc(Cl)cc(C)c1-n1cc(-c2nc(C(C)(O)CO)oc2-c2ccc(F)cc2F)ccc1=O. The van der Waals surface area contributed by atoms with E-state index in [1.807, 2.05) is 13.8 Å². The normalized spacial score (nSPS) is 13.2. The van der Waals surface area contributed by atoms with Gasteiger partial charge < -0.3 is 14.6 Å². The summed E-state index contributed by atoms with van der Waals surface area (Å²) in [5.41, 5.74) is 0.343. The van der Waals surface area contributed by atoms with Crippen LogP contribution in [0.25, 0.3) is 28.3 Å². The number of aromatic nitrogens is 2. The zero-order valence-electron chi connectivity index (χ0n) is 18.6. The molecule has 2 aromatic carbocycles. The van der Waals surface area contributed by atoms with Crippen LogP contribution in [0.2, 0.25) is 5.02 Å². The van der Waals surface area contributed by atoms with Crippen molar-refractivity contribution in [2.45, 2.75) is 26.4 Å². The van der Waals surface area contributed by atoms with E-state index in [0.29, 0.717) is 22.3 Å². The number of pyridine rings is 1. The maximum absolute atomic E-state index is 14.7. The number of hydrogen-bond donors (Lipinski definition) is 2. The predicted molar refractivity (Wildman–Crippen MR) is 124 cm³/mol. The number of hydrogen-bond acceptors (Lipinski definition) is 5. The van der Waals surface area contributed by atoms with Crippen molar-refractivity contribution in [3.05, 3.63) is 92.7 Å². The zero-order valence-corrected chi connectivity index (χ0v) is 19.3. The van der Waals surface area contributed by atoms with Crippen LogP contribution in [-0.2, 0) is 5.60 Å². The van der Waals surface area contributed by atoms with E-state index in [0.717, 1.165) is 17.2 Å². The lowest BCUT2D eigenvalue weighted by molar-refractivity contribution is -0.0234. The van der Waals surface area contributed by atoms with E-state index in [2.05, 4.69) is 4.98 Å². The van der Waals surface area contributed by atoms with Crippen molar-refractivity contribution in [1.82, 2.24) is 9.55 Å². The maximum atomic E-state index is 14.7. The molecule has 0 saturated carbocycles. The van der Waals surface area contributed by atoms with Crippen molar-refractivity contribution in [1.29, 1.82) is 0 Å². The van der Waals surface area contributed by atoms with Crippen molar-refractivity contribution < 1.29 is 23.4 Å². The monoisotopic (exact) mass is 486 g/mol. The third kappa shape index (κ3) is 4.27. The van der Waals surface area contributed by atoms with Gasteiger partial charge in [0.1, 0.15) is 17.3 Å². The van der Waals surface area contributed by atoms with Gasteiger partial charge in [-0.05, 0) is 62.2 Å². The number of benzene rings is 2. The number of rotatable bonds is 5. The summed E-state index contributed by atoms with van der Waals surface area (Å²) in [6.45, 7) is 4.22. The Balaban J connectivity index is 1.98. The highest BCUT2D eigenvalue weighted by molar-refractivity contribution is 6.30. The lowest BCUT2D eigenvalue weighted by Gasteiger charge is -2.15. The largest absolute Gasteiger partial charge is 0.437 e. The Labute approximate surface area is 198 Å². The third-order valence-electron chi connectivity index (χ3n) is 5.45. The lowest BCUT2D eigenvalue weighted by atomic mass is 10.1. The second-order valence-corrected chi connectivity index (χ2v) is 8.70. The van der Waals surface area contributed by atoms with E-state index < -0.39 is 23.8 Å².